The van der Waals surface area contributed by atoms with Crippen molar-refractivity contribution >= 4 is 17.5 Å². The summed E-state index contributed by atoms with van der Waals surface area (Å²) >= 11 is 0. The molecule has 1 aliphatic heterocycles. The van der Waals surface area contributed by atoms with Crippen molar-refractivity contribution in [3.05, 3.63) is 55.1 Å². The van der Waals surface area contributed by atoms with Crippen LogP contribution in [0.3, 0.4) is 0 Å². The Hall–Kier alpha value is -3.72. The summed E-state index contributed by atoms with van der Waals surface area (Å²) in [5.74, 6) is 1.70. The largest absolute Gasteiger partial charge is 0.396 e. The van der Waals surface area contributed by atoms with Crippen molar-refractivity contribution in [2.75, 3.05) is 24.6 Å². The lowest BCUT2D eigenvalue weighted by Gasteiger charge is -2.25. The Morgan fingerprint density at radius 3 is 2.67 bits per heavy atom. The fraction of sp³-hybridized carbons (Fsp3) is 0.333. The molecule has 4 heterocycles. The van der Waals surface area contributed by atoms with Gasteiger partial charge in [-0.1, -0.05) is 38.1 Å². The number of aliphatic hydroxyl groups excluding tert-OH is 1. The predicted molar refractivity (Wildman–Crippen MR) is 126 cm³/mol. The van der Waals surface area contributed by atoms with E-state index in [1.807, 2.05) is 36.5 Å². The van der Waals surface area contributed by atoms with Gasteiger partial charge in [0.05, 0.1) is 12.2 Å². The molecule has 9 heteroatoms. The van der Waals surface area contributed by atoms with E-state index in [2.05, 4.69) is 28.9 Å². The van der Waals surface area contributed by atoms with E-state index in [0.29, 0.717) is 31.0 Å². The Balaban J connectivity index is 1.49. The minimum atomic E-state index is -0.0668. The van der Waals surface area contributed by atoms with Gasteiger partial charge in [0, 0.05) is 49.4 Å². The molecule has 1 aromatic carbocycles. The van der Waals surface area contributed by atoms with Crippen molar-refractivity contribution in [3.8, 4) is 22.5 Å². The first kappa shape index (κ1) is 21.1. The number of nitrogens with zero attached hydrogens (tertiary/aromatic N) is 6. The molecule has 1 atom stereocenters. The molecule has 2 N–H and O–H groups in total. The number of nitrogens with one attached hydrogen (secondary N) is 1. The second-order valence-electron chi connectivity index (χ2n) is 8.61. The number of carbonyl (C=O) groups is 1. The highest BCUT2D eigenvalue weighted by molar-refractivity contribution is 5.94. The van der Waals surface area contributed by atoms with Crippen LogP contribution in [0, 0.1) is 5.92 Å². The first-order valence-electron chi connectivity index (χ1n) is 11.2. The quantitative estimate of drug-likeness (QED) is 0.454. The second-order valence-corrected chi connectivity index (χ2v) is 8.61. The van der Waals surface area contributed by atoms with E-state index in [-0.39, 0.29) is 24.6 Å². The molecule has 1 fully saturated rings. The molecule has 1 aliphatic rings. The number of imidazole rings is 1. The molecule has 0 saturated carbocycles. The Morgan fingerprint density at radius 2 is 1.97 bits per heavy atom. The van der Waals surface area contributed by atoms with Gasteiger partial charge in [-0.05, 0) is 24.0 Å². The first-order valence-corrected chi connectivity index (χ1v) is 11.2. The first-order chi connectivity index (χ1) is 16.1. The number of carbonyl (C=O) groups excluding carboxylic acids is 1. The summed E-state index contributed by atoms with van der Waals surface area (Å²) in [6.45, 7) is 5.47. The van der Waals surface area contributed by atoms with Gasteiger partial charge in [-0.25, -0.2) is 19.3 Å². The van der Waals surface area contributed by atoms with Crippen LogP contribution in [0.4, 0.5) is 10.6 Å². The summed E-state index contributed by atoms with van der Waals surface area (Å²) in [5.41, 5.74) is 3.58. The van der Waals surface area contributed by atoms with Gasteiger partial charge in [-0.15, -0.1) is 0 Å². The molecule has 33 heavy (non-hydrogen) atoms. The molecule has 170 valence electrons. The molecule has 4 aromatic rings. The third-order valence-corrected chi connectivity index (χ3v) is 6.14. The molecule has 1 unspecified atom stereocenters. The van der Waals surface area contributed by atoms with Crippen molar-refractivity contribution in [2.24, 2.45) is 5.92 Å². The number of anilines is 1. The molecule has 2 amide bonds. The minimum absolute atomic E-state index is 0.0186. The summed E-state index contributed by atoms with van der Waals surface area (Å²) in [5, 5.41) is 13.7. The number of amides is 2. The van der Waals surface area contributed by atoms with Crippen LogP contribution in [0.15, 0.2) is 55.1 Å². The lowest BCUT2D eigenvalue weighted by atomic mass is 10.0. The summed E-state index contributed by atoms with van der Waals surface area (Å²) in [6, 6.07) is 9.87. The number of benzene rings is 1. The van der Waals surface area contributed by atoms with Crippen molar-refractivity contribution in [1.82, 2.24) is 29.5 Å². The number of urea groups is 1. The van der Waals surface area contributed by atoms with E-state index in [9.17, 15) is 9.90 Å². The number of hydrogen-bond donors (Lipinski definition) is 2. The van der Waals surface area contributed by atoms with Crippen LogP contribution in [-0.2, 0) is 0 Å². The Kier molecular flexibility index (Phi) is 5.55. The summed E-state index contributed by atoms with van der Waals surface area (Å²) in [6.07, 6.45) is 7.74. The lowest BCUT2D eigenvalue weighted by Crippen LogP contribution is -2.38. The van der Waals surface area contributed by atoms with Crippen LogP contribution < -0.4 is 4.90 Å². The molecule has 3 aromatic heterocycles. The van der Waals surface area contributed by atoms with Crippen molar-refractivity contribution in [2.45, 2.75) is 26.3 Å². The number of aliphatic hydroxyl groups is 1. The Labute approximate surface area is 191 Å². The lowest BCUT2D eigenvalue weighted by molar-refractivity contribution is 0.211. The summed E-state index contributed by atoms with van der Waals surface area (Å²) in [4.78, 5) is 29.1. The fourth-order valence-electron chi connectivity index (χ4n) is 4.33. The zero-order valence-electron chi connectivity index (χ0n) is 18.7. The summed E-state index contributed by atoms with van der Waals surface area (Å²) in [7, 11) is 0. The van der Waals surface area contributed by atoms with Gasteiger partial charge in [0.25, 0.3) is 0 Å². The highest BCUT2D eigenvalue weighted by Gasteiger charge is 2.40. The van der Waals surface area contributed by atoms with E-state index < -0.39 is 0 Å². The monoisotopic (exact) mass is 445 g/mol. The number of rotatable bonds is 7. The summed E-state index contributed by atoms with van der Waals surface area (Å²) < 4.78 is 1.73. The standard InChI is InChI=1S/C24H27N7O2/c1-16(2)20-15-29(11-3-13-32)24(33)31(20)21-8-12-30-23(28-21)19(14-27-30)17-4-6-18(7-5-17)22-25-9-10-26-22/h4-10,12,14,16,20,32H,3,11,13,15H2,1-2H3,(H,25,26). The third kappa shape index (κ3) is 3.84. The van der Waals surface area contributed by atoms with Gasteiger partial charge in [0.15, 0.2) is 5.65 Å². The molecule has 1 saturated heterocycles. The average molecular weight is 446 g/mol. The van der Waals surface area contributed by atoms with Gasteiger partial charge < -0.3 is 15.0 Å². The van der Waals surface area contributed by atoms with E-state index in [1.54, 1.807) is 32.9 Å². The fourth-order valence-corrected chi connectivity index (χ4v) is 4.33. The minimum Gasteiger partial charge on any atom is -0.396 e. The van der Waals surface area contributed by atoms with Crippen molar-refractivity contribution in [3.63, 3.8) is 0 Å². The average Bonchev–Trinajstić information content (AvgIpc) is 3.56. The van der Waals surface area contributed by atoms with Crippen molar-refractivity contribution in [1.29, 1.82) is 0 Å². The number of fused-ring (bicyclic) bond motifs is 1. The third-order valence-electron chi connectivity index (χ3n) is 6.14. The number of hydrogen-bond acceptors (Lipinski definition) is 5. The number of aromatic amines is 1. The number of H-pyrrole nitrogens is 1. The van der Waals surface area contributed by atoms with Gasteiger partial charge in [-0.2, -0.15) is 5.10 Å². The highest BCUT2D eigenvalue weighted by Crippen LogP contribution is 2.31. The molecule has 9 nitrogen and oxygen atoms in total. The molecule has 0 bridgehead atoms. The van der Waals surface area contributed by atoms with Crippen molar-refractivity contribution < 1.29 is 9.90 Å². The van der Waals surface area contributed by atoms with Gasteiger partial charge in [0.2, 0.25) is 0 Å². The molecule has 5 rings (SSSR count). The number of aromatic nitrogens is 5. The van der Waals surface area contributed by atoms with Crippen LogP contribution in [0.2, 0.25) is 0 Å². The predicted octanol–water partition coefficient (Wildman–Crippen LogP) is 3.44. The maximum Gasteiger partial charge on any atom is 0.326 e. The van der Waals surface area contributed by atoms with Crippen LogP contribution >= 0.6 is 0 Å². The zero-order chi connectivity index (χ0) is 22.9. The second kappa shape index (κ2) is 8.67. The topological polar surface area (TPSA) is 103 Å². The van der Waals surface area contributed by atoms with E-state index in [1.165, 1.54) is 0 Å². The molecular weight excluding hydrogens is 418 g/mol. The van der Waals surface area contributed by atoms with Crippen LogP contribution in [0.5, 0.6) is 0 Å². The SMILES string of the molecule is CC(C)C1CN(CCCO)C(=O)N1c1ccn2ncc(-c3ccc(-c4ncc[nH]4)cc3)c2n1. The Bertz CT molecular complexity index is 1250. The highest BCUT2D eigenvalue weighted by atomic mass is 16.3. The van der Waals surface area contributed by atoms with Crippen LogP contribution in [-0.4, -0.2) is 66.3 Å². The Morgan fingerprint density at radius 1 is 1.18 bits per heavy atom. The van der Waals surface area contributed by atoms with Crippen LogP contribution in [0.1, 0.15) is 20.3 Å². The maximum atomic E-state index is 13.2. The van der Waals surface area contributed by atoms with Gasteiger partial charge >= 0.3 is 6.03 Å². The molecular formula is C24H27N7O2. The molecule has 0 spiro atoms. The van der Waals surface area contributed by atoms with E-state index in [4.69, 9.17) is 4.98 Å². The maximum absolute atomic E-state index is 13.2. The molecule has 0 aliphatic carbocycles. The van der Waals surface area contributed by atoms with E-state index >= 15 is 0 Å². The van der Waals surface area contributed by atoms with Gasteiger partial charge in [0.1, 0.15) is 11.6 Å². The van der Waals surface area contributed by atoms with Gasteiger partial charge in [-0.3, -0.25) is 4.90 Å². The zero-order valence-corrected chi connectivity index (χ0v) is 18.7. The smallest absolute Gasteiger partial charge is 0.326 e. The van der Waals surface area contributed by atoms with E-state index in [0.717, 1.165) is 22.5 Å². The van der Waals surface area contributed by atoms with Crippen LogP contribution in [0.25, 0.3) is 28.2 Å². The molecule has 0 radical (unpaired) electrons. The normalized spacial score (nSPS) is 16.5.